The predicted octanol–water partition coefficient (Wildman–Crippen LogP) is 1.81. The molecule has 5 heteroatoms. The Morgan fingerprint density at radius 2 is 2.05 bits per heavy atom. The number of nitrogens with one attached hydrogen (secondary N) is 2. The summed E-state index contributed by atoms with van der Waals surface area (Å²) in [6, 6.07) is 5.54. The third-order valence-electron chi connectivity index (χ3n) is 3.99. The molecule has 2 amide bonds. The number of carbonyl (C=O) groups excluding carboxylic acids is 2. The Morgan fingerprint density at radius 1 is 1.29 bits per heavy atom. The average molecular weight is 289 g/mol. The van der Waals surface area contributed by atoms with Crippen molar-refractivity contribution in [1.82, 2.24) is 5.32 Å². The number of anilines is 1. The van der Waals surface area contributed by atoms with Crippen LogP contribution in [0.15, 0.2) is 18.2 Å². The van der Waals surface area contributed by atoms with Crippen molar-refractivity contribution in [3.05, 3.63) is 29.3 Å². The lowest BCUT2D eigenvalue weighted by molar-refractivity contribution is -0.120. The van der Waals surface area contributed by atoms with Crippen LogP contribution in [0.2, 0.25) is 0 Å². The van der Waals surface area contributed by atoms with Crippen molar-refractivity contribution in [2.24, 2.45) is 11.7 Å². The minimum Gasteiger partial charge on any atom is -0.355 e. The molecule has 1 aromatic carbocycles. The van der Waals surface area contributed by atoms with E-state index in [1.165, 1.54) is 0 Å². The lowest BCUT2D eigenvalue weighted by Crippen LogP contribution is -2.34. The minimum absolute atomic E-state index is 0.0424. The van der Waals surface area contributed by atoms with Crippen LogP contribution >= 0.6 is 0 Å². The molecule has 21 heavy (non-hydrogen) atoms. The topological polar surface area (TPSA) is 84.2 Å². The molecule has 1 aromatic rings. The molecular weight excluding hydrogens is 266 g/mol. The smallest absolute Gasteiger partial charge is 0.253 e. The molecule has 4 N–H and O–H groups in total. The maximum absolute atomic E-state index is 12.4. The summed E-state index contributed by atoms with van der Waals surface area (Å²) in [4.78, 5) is 24.3. The van der Waals surface area contributed by atoms with Crippen LogP contribution in [-0.2, 0) is 4.79 Å². The lowest BCUT2D eigenvalue weighted by atomic mass is 9.85. The Labute approximate surface area is 125 Å². The van der Waals surface area contributed by atoms with Crippen LogP contribution in [0, 0.1) is 12.8 Å². The summed E-state index contributed by atoms with van der Waals surface area (Å²) in [5.74, 6) is -0.305. The van der Waals surface area contributed by atoms with Crippen molar-refractivity contribution >= 4 is 17.5 Å². The van der Waals surface area contributed by atoms with Crippen molar-refractivity contribution in [2.45, 2.75) is 38.6 Å². The van der Waals surface area contributed by atoms with Crippen LogP contribution in [-0.4, -0.2) is 24.9 Å². The third kappa shape index (κ3) is 3.82. The molecule has 2 unspecified atom stereocenters. The van der Waals surface area contributed by atoms with Crippen molar-refractivity contribution < 1.29 is 9.59 Å². The van der Waals surface area contributed by atoms with Crippen LogP contribution in [0.5, 0.6) is 0 Å². The number of nitrogens with two attached hydrogens (primary N) is 1. The molecule has 0 radical (unpaired) electrons. The maximum atomic E-state index is 12.4. The molecule has 1 saturated carbocycles. The summed E-state index contributed by atoms with van der Waals surface area (Å²) in [7, 11) is 1.58. The SMILES string of the molecule is CNC(=O)c1cc(C)ccc1NC(=O)C1CCCC(N)C1. The Balaban J connectivity index is 2.15. The highest BCUT2D eigenvalue weighted by atomic mass is 16.2. The largest absolute Gasteiger partial charge is 0.355 e. The normalized spacial score (nSPS) is 21.7. The first-order valence-electron chi connectivity index (χ1n) is 7.40. The second kappa shape index (κ2) is 6.72. The zero-order chi connectivity index (χ0) is 15.4. The molecule has 0 bridgehead atoms. The zero-order valence-electron chi connectivity index (χ0n) is 12.6. The van der Waals surface area contributed by atoms with Gasteiger partial charge in [-0.15, -0.1) is 0 Å². The fourth-order valence-electron chi connectivity index (χ4n) is 2.79. The van der Waals surface area contributed by atoms with Gasteiger partial charge in [-0.1, -0.05) is 18.1 Å². The molecule has 1 aliphatic carbocycles. The molecule has 2 rings (SSSR count). The first kappa shape index (κ1) is 15.5. The van der Waals surface area contributed by atoms with E-state index in [4.69, 9.17) is 5.73 Å². The standard InChI is InChI=1S/C16H23N3O2/c1-10-6-7-14(13(8-10)16(21)18-2)19-15(20)11-4-3-5-12(17)9-11/h6-8,11-12H,3-5,9,17H2,1-2H3,(H,18,21)(H,19,20). The van der Waals surface area contributed by atoms with E-state index >= 15 is 0 Å². The Bertz CT molecular complexity index is 542. The lowest BCUT2D eigenvalue weighted by Gasteiger charge is -2.26. The Morgan fingerprint density at radius 3 is 2.71 bits per heavy atom. The molecular formula is C16H23N3O2. The van der Waals surface area contributed by atoms with Crippen LogP contribution in [0.4, 0.5) is 5.69 Å². The number of carbonyl (C=O) groups is 2. The van der Waals surface area contributed by atoms with E-state index in [0.717, 1.165) is 24.8 Å². The highest BCUT2D eigenvalue weighted by Gasteiger charge is 2.26. The highest BCUT2D eigenvalue weighted by molar-refractivity contribution is 6.04. The number of amides is 2. The van der Waals surface area contributed by atoms with Gasteiger partial charge in [0.05, 0.1) is 11.3 Å². The zero-order valence-corrected chi connectivity index (χ0v) is 12.6. The van der Waals surface area contributed by atoms with Gasteiger partial charge >= 0.3 is 0 Å². The second-order valence-corrected chi connectivity index (χ2v) is 5.74. The number of hydrogen-bond donors (Lipinski definition) is 3. The van der Waals surface area contributed by atoms with E-state index in [1.807, 2.05) is 13.0 Å². The van der Waals surface area contributed by atoms with Gasteiger partial charge in [-0.25, -0.2) is 0 Å². The molecule has 1 fully saturated rings. The third-order valence-corrected chi connectivity index (χ3v) is 3.99. The van der Waals surface area contributed by atoms with Gasteiger partial charge in [0.15, 0.2) is 0 Å². The number of aryl methyl sites for hydroxylation is 1. The summed E-state index contributed by atoms with van der Waals surface area (Å²) in [6.45, 7) is 1.91. The highest BCUT2D eigenvalue weighted by Crippen LogP contribution is 2.25. The average Bonchev–Trinajstić information content (AvgIpc) is 2.48. The van der Waals surface area contributed by atoms with E-state index in [-0.39, 0.29) is 23.8 Å². The van der Waals surface area contributed by atoms with Crippen molar-refractivity contribution in [2.75, 3.05) is 12.4 Å². The van der Waals surface area contributed by atoms with E-state index in [9.17, 15) is 9.59 Å². The van der Waals surface area contributed by atoms with Gasteiger partial charge in [0.25, 0.3) is 5.91 Å². The van der Waals surface area contributed by atoms with Gasteiger partial charge in [0, 0.05) is 19.0 Å². The van der Waals surface area contributed by atoms with Crippen molar-refractivity contribution in [1.29, 1.82) is 0 Å². The summed E-state index contributed by atoms with van der Waals surface area (Å²) in [5.41, 5.74) is 7.96. The molecule has 1 aliphatic rings. The molecule has 0 heterocycles. The van der Waals surface area contributed by atoms with Crippen LogP contribution < -0.4 is 16.4 Å². The molecule has 5 nitrogen and oxygen atoms in total. The predicted molar refractivity (Wildman–Crippen MR) is 83.1 cm³/mol. The van der Waals surface area contributed by atoms with Crippen molar-refractivity contribution in [3.63, 3.8) is 0 Å². The molecule has 114 valence electrons. The van der Waals surface area contributed by atoms with E-state index in [2.05, 4.69) is 10.6 Å². The van der Waals surface area contributed by atoms with Crippen molar-refractivity contribution in [3.8, 4) is 0 Å². The molecule has 0 aromatic heterocycles. The quantitative estimate of drug-likeness (QED) is 0.793. The van der Waals surface area contributed by atoms with Crippen LogP contribution in [0.3, 0.4) is 0 Å². The van der Waals surface area contributed by atoms with Crippen LogP contribution in [0.1, 0.15) is 41.6 Å². The number of hydrogen-bond acceptors (Lipinski definition) is 3. The second-order valence-electron chi connectivity index (χ2n) is 5.74. The molecule has 2 atom stereocenters. The fraction of sp³-hybridized carbons (Fsp3) is 0.500. The van der Waals surface area contributed by atoms with E-state index < -0.39 is 0 Å². The summed E-state index contributed by atoms with van der Waals surface area (Å²) >= 11 is 0. The number of rotatable bonds is 3. The molecule has 0 aliphatic heterocycles. The van der Waals surface area contributed by atoms with Gasteiger partial charge in [-0.2, -0.15) is 0 Å². The molecule has 0 spiro atoms. The summed E-state index contributed by atoms with van der Waals surface area (Å²) in [5, 5.41) is 5.49. The first-order valence-corrected chi connectivity index (χ1v) is 7.40. The minimum atomic E-state index is -0.200. The van der Waals surface area contributed by atoms with Gasteiger partial charge in [0.1, 0.15) is 0 Å². The number of benzene rings is 1. The van der Waals surface area contributed by atoms with Gasteiger partial charge in [0.2, 0.25) is 5.91 Å². The summed E-state index contributed by atoms with van der Waals surface area (Å²) < 4.78 is 0. The monoisotopic (exact) mass is 289 g/mol. The van der Waals surface area contributed by atoms with E-state index in [1.54, 1.807) is 19.2 Å². The fourth-order valence-corrected chi connectivity index (χ4v) is 2.79. The van der Waals surface area contributed by atoms with Gasteiger partial charge in [-0.05, 0) is 38.3 Å². The molecule has 0 saturated heterocycles. The van der Waals surface area contributed by atoms with Crippen LogP contribution in [0.25, 0.3) is 0 Å². The maximum Gasteiger partial charge on any atom is 0.253 e. The van der Waals surface area contributed by atoms with E-state index in [0.29, 0.717) is 17.7 Å². The Kier molecular flexibility index (Phi) is 4.96. The summed E-state index contributed by atoms with van der Waals surface area (Å²) in [6.07, 6.45) is 3.54. The van der Waals surface area contributed by atoms with Gasteiger partial charge in [-0.3, -0.25) is 9.59 Å². The first-order chi connectivity index (χ1) is 10.0. The Hall–Kier alpha value is -1.88. The van der Waals surface area contributed by atoms with Gasteiger partial charge < -0.3 is 16.4 Å².